The molecular formula is C25H23N3O7S. The maximum Gasteiger partial charge on any atom is 0.338 e. The zero-order chi connectivity index (χ0) is 26.1. The van der Waals surface area contributed by atoms with Crippen LogP contribution in [0.15, 0.2) is 63.5 Å². The van der Waals surface area contributed by atoms with E-state index in [9.17, 15) is 24.8 Å². The molecular weight excluding hydrogens is 486 g/mol. The zero-order valence-electron chi connectivity index (χ0n) is 19.9. The molecule has 0 unspecified atom stereocenters. The molecule has 3 aromatic rings. The number of phenols is 1. The van der Waals surface area contributed by atoms with Gasteiger partial charge in [0.2, 0.25) is 5.75 Å². The third-order valence-corrected chi connectivity index (χ3v) is 6.53. The Morgan fingerprint density at radius 1 is 1.25 bits per heavy atom. The minimum atomic E-state index is -0.820. The molecule has 0 saturated carbocycles. The number of esters is 1. The van der Waals surface area contributed by atoms with Gasteiger partial charge in [-0.2, -0.15) is 0 Å². The predicted molar refractivity (Wildman–Crippen MR) is 133 cm³/mol. The second-order valence-corrected chi connectivity index (χ2v) is 9.29. The average Bonchev–Trinajstić information content (AvgIpc) is 3.13. The number of thiazole rings is 1. The highest BCUT2D eigenvalue weighted by Gasteiger charge is 2.34. The maximum absolute atomic E-state index is 13.6. The summed E-state index contributed by atoms with van der Waals surface area (Å²) in [4.78, 5) is 42.1. The number of hydrogen-bond acceptors (Lipinski definition) is 9. The Bertz CT molecular complexity index is 1570. The van der Waals surface area contributed by atoms with Crippen LogP contribution in [0.4, 0.5) is 5.69 Å². The highest BCUT2D eigenvalue weighted by molar-refractivity contribution is 7.07. The Morgan fingerprint density at radius 2 is 1.94 bits per heavy atom. The SMILES string of the molecule is COc1ccc([C@H]2C(C(=O)OC(C)C)=C(C)N=c3s/c(=C/c4cccc([N+](=O)[O-])c4O)c(=O)n32)cc1. The zero-order valence-corrected chi connectivity index (χ0v) is 20.7. The summed E-state index contributed by atoms with van der Waals surface area (Å²) in [5.41, 5.74) is 0.464. The smallest absolute Gasteiger partial charge is 0.338 e. The molecule has 10 nitrogen and oxygen atoms in total. The van der Waals surface area contributed by atoms with Crippen molar-refractivity contribution in [2.24, 2.45) is 4.99 Å². The number of allylic oxidation sites excluding steroid dienone is 1. The predicted octanol–water partition coefficient (Wildman–Crippen LogP) is 2.81. The van der Waals surface area contributed by atoms with E-state index in [1.165, 1.54) is 36.0 Å². The van der Waals surface area contributed by atoms with E-state index in [0.717, 1.165) is 11.3 Å². The van der Waals surface area contributed by atoms with Crippen LogP contribution >= 0.6 is 11.3 Å². The summed E-state index contributed by atoms with van der Waals surface area (Å²) < 4.78 is 12.3. The van der Waals surface area contributed by atoms with Crippen LogP contribution in [0.3, 0.4) is 0 Å². The molecule has 0 bridgehead atoms. The number of nitro groups is 1. The van der Waals surface area contributed by atoms with Crippen molar-refractivity contribution in [3.8, 4) is 11.5 Å². The van der Waals surface area contributed by atoms with E-state index in [2.05, 4.69) is 4.99 Å². The molecule has 1 aliphatic heterocycles. The molecule has 4 rings (SSSR count). The van der Waals surface area contributed by atoms with Crippen molar-refractivity contribution in [2.75, 3.05) is 7.11 Å². The summed E-state index contributed by atoms with van der Waals surface area (Å²) in [5, 5.41) is 21.6. The van der Waals surface area contributed by atoms with Crippen molar-refractivity contribution in [1.82, 2.24) is 4.57 Å². The number of carbonyl (C=O) groups is 1. The van der Waals surface area contributed by atoms with Gasteiger partial charge in [-0.25, -0.2) is 9.79 Å². The van der Waals surface area contributed by atoms with Crippen LogP contribution in [0.1, 0.15) is 37.9 Å². The van der Waals surface area contributed by atoms with Crippen LogP contribution in [0.5, 0.6) is 11.5 Å². The number of aromatic hydroxyl groups is 1. The van der Waals surface area contributed by atoms with Crippen molar-refractivity contribution in [2.45, 2.75) is 32.9 Å². The van der Waals surface area contributed by atoms with Gasteiger partial charge in [-0.15, -0.1) is 0 Å². The lowest BCUT2D eigenvalue weighted by Crippen LogP contribution is -2.40. The first-order valence-electron chi connectivity index (χ1n) is 11.0. The summed E-state index contributed by atoms with van der Waals surface area (Å²) in [7, 11) is 1.54. The molecule has 1 N–H and O–H groups in total. The van der Waals surface area contributed by atoms with Crippen LogP contribution in [-0.4, -0.2) is 33.8 Å². The van der Waals surface area contributed by atoms with Gasteiger partial charge in [0.1, 0.15) is 5.75 Å². The van der Waals surface area contributed by atoms with Crippen LogP contribution < -0.4 is 19.6 Å². The first-order valence-corrected chi connectivity index (χ1v) is 11.8. The van der Waals surface area contributed by atoms with Crippen molar-refractivity contribution in [1.29, 1.82) is 0 Å². The average molecular weight is 510 g/mol. The third kappa shape index (κ3) is 4.52. The van der Waals surface area contributed by atoms with E-state index >= 15 is 0 Å². The fraction of sp³-hybridized carbons (Fsp3) is 0.240. The van der Waals surface area contributed by atoms with Gasteiger partial charge in [-0.05, 0) is 44.5 Å². The Hall–Kier alpha value is -4.25. The number of methoxy groups -OCH3 is 1. The fourth-order valence-electron chi connectivity index (χ4n) is 3.92. The van der Waals surface area contributed by atoms with E-state index in [1.807, 2.05) is 0 Å². The number of carbonyl (C=O) groups excluding carboxylic acids is 1. The number of phenolic OH excluding ortho intramolecular Hbond substituents is 1. The Morgan fingerprint density at radius 3 is 2.56 bits per heavy atom. The first-order chi connectivity index (χ1) is 17.1. The number of nitrogens with zero attached hydrogens (tertiary/aromatic N) is 3. The lowest BCUT2D eigenvalue weighted by atomic mass is 9.96. The molecule has 2 heterocycles. The molecule has 1 aliphatic rings. The molecule has 186 valence electrons. The lowest BCUT2D eigenvalue weighted by Gasteiger charge is -2.25. The molecule has 0 fully saturated rings. The van der Waals surface area contributed by atoms with Gasteiger partial charge in [0.15, 0.2) is 4.80 Å². The standard InChI is InChI=1S/C25H23N3O7S/c1-13(2)35-24(31)20-14(3)26-25-27(21(20)15-8-10-17(34-4)11-9-15)23(30)19(36-25)12-16-6-5-7-18(22(16)29)28(32)33/h5-13,21,29H,1-4H3/b19-12+/t21-/m0/s1. The van der Waals surface area contributed by atoms with Crippen LogP contribution in [0.2, 0.25) is 0 Å². The molecule has 0 spiro atoms. The van der Waals surface area contributed by atoms with Gasteiger partial charge in [0.25, 0.3) is 5.56 Å². The third-order valence-electron chi connectivity index (χ3n) is 5.55. The second kappa shape index (κ2) is 9.78. The monoisotopic (exact) mass is 509 g/mol. The van der Waals surface area contributed by atoms with E-state index < -0.39 is 33.9 Å². The topological polar surface area (TPSA) is 133 Å². The Kier molecular flexibility index (Phi) is 6.75. The molecule has 0 aliphatic carbocycles. The van der Waals surface area contributed by atoms with E-state index in [4.69, 9.17) is 9.47 Å². The Labute approximate surface area is 209 Å². The van der Waals surface area contributed by atoms with Crippen LogP contribution in [-0.2, 0) is 9.53 Å². The number of rotatable bonds is 6. The first kappa shape index (κ1) is 24.9. The van der Waals surface area contributed by atoms with Crippen molar-refractivity contribution in [3.05, 3.63) is 94.7 Å². The summed E-state index contributed by atoms with van der Waals surface area (Å²) in [5.74, 6) is -0.519. The minimum Gasteiger partial charge on any atom is -0.502 e. The molecule has 0 radical (unpaired) electrons. The van der Waals surface area contributed by atoms with Crippen molar-refractivity contribution < 1.29 is 24.3 Å². The van der Waals surface area contributed by atoms with Crippen LogP contribution in [0.25, 0.3) is 6.08 Å². The molecule has 0 amide bonds. The Balaban J connectivity index is 1.95. The van der Waals surface area contributed by atoms with Gasteiger partial charge >= 0.3 is 11.7 Å². The number of fused-ring (bicyclic) bond motifs is 1. The molecule has 0 saturated heterocycles. The summed E-state index contributed by atoms with van der Waals surface area (Å²) in [6, 6.07) is 10.2. The molecule has 11 heteroatoms. The molecule has 1 aromatic heterocycles. The second-order valence-electron chi connectivity index (χ2n) is 8.28. The quantitative estimate of drug-likeness (QED) is 0.307. The molecule has 1 atom stereocenters. The fourth-order valence-corrected chi connectivity index (χ4v) is 4.95. The highest BCUT2D eigenvalue weighted by Crippen LogP contribution is 2.32. The summed E-state index contributed by atoms with van der Waals surface area (Å²) in [6.45, 7) is 5.14. The van der Waals surface area contributed by atoms with Gasteiger partial charge in [0.05, 0.1) is 40.0 Å². The van der Waals surface area contributed by atoms with Gasteiger partial charge < -0.3 is 14.6 Å². The number of nitro benzene ring substituents is 1. The number of ether oxygens (including phenoxy) is 2. The summed E-state index contributed by atoms with van der Waals surface area (Å²) in [6.07, 6.45) is 0.999. The van der Waals surface area contributed by atoms with Gasteiger partial charge in [0, 0.05) is 11.6 Å². The summed E-state index contributed by atoms with van der Waals surface area (Å²) >= 11 is 1.05. The van der Waals surface area contributed by atoms with Gasteiger partial charge in [-0.3, -0.25) is 19.5 Å². The molecule has 2 aromatic carbocycles. The molecule has 36 heavy (non-hydrogen) atoms. The highest BCUT2D eigenvalue weighted by atomic mass is 32.1. The van der Waals surface area contributed by atoms with Crippen LogP contribution in [0, 0.1) is 10.1 Å². The maximum atomic E-state index is 13.6. The lowest BCUT2D eigenvalue weighted by molar-refractivity contribution is -0.385. The number of hydrogen-bond donors (Lipinski definition) is 1. The van der Waals surface area contributed by atoms with E-state index in [-0.39, 0.29) is 21.8 Å². The number of aromatic nitrogens is 1. The van der Waals surface area contributed by atoms with Crippen molar-refractivity contribution >= 4 is 29.1 Å². The van der Waals surface area contributed by atoms with Gasteiger partial charge in [-0.1, -0.05) is 35.6 Å². The van der Waals surface area contributed by atoms with E-state index in [1.54, 1.807) is 45.0 Å². The largest absolute Gasteiger partial charge is 0.502 e. The minimum absolute atomic E-state index is 0.116. The number of para-hydroxylation sites is 1. The van der Waals surface area contributed by atoms with E-state index in [0.29, 0.717) is 21.8 Å². The number of benzene rings is 2. The normalized spacial score (nSPS) is 15.5. The van der Waals surface area contributed by atoms with Crippen molar-refractivity contribution in [3.63, 3.8) is 0 Å².